The number of amides is 1. The first kappa shape index (κ1) is 15.9. The molecule has 0 radical (unpaired) electrons. The highest BCUT2D eigenvalue weighted by Crippen LogP contribution is 2.24. The zero-order valence-electron chi connectivity index (χ0n) is 13.5. The van der Waals surface area contributed by atoms with Gasteiger partial charge < -0.3 is 9.84 Å². The van der Waals surface area contributed by atoms with Crippen LogP contribution in [-0.4, -0.2) is 36.3 Å². The molecule has 3 aromatic rings. The van der Waals surface area contributed by atoms with Crippen molar-refractivity contribution < 1.29 is 9.32 Å². The van der Waals surface area contributed by atoms with E-state index >= 15 is 0 Å². The molecule has 0 bridgehead atoms. The highest BCUT2D eigenvalue weighted by Gasteiger charge is 2.28. The molecule has 0 spiro atoms. The van der Waals surface area contributed by atoms with Crippen molar-refractivity contribution in [3.8, 4) is 0 Å². The molecule has 25 heavy (non-hydrogen) atoms. The van der Waals surface area contributed by atoms with Crippen LogP contribution >= 0.6 is 11.3 Å². The van der Waals surface area contributed by atoms with Crippen LogP contribution in [0.4, 0.5) is 0 Å². The fourth-order valence-corrected chi connectivity index (χ4v) is 3.60. The van der Waals surface area contributed by atoms with Gasteiger partial charge in [-0.25, -0.2) is 4.68 Å². The second-order valence-electron chi connectivity index (χ2n) is 5.89. The Labute approximate surface area is 147 Å². The first-order chi connectivity index (χ1) is 12.3. The van der Waals surface area contributed by atoms with E-state index in [1.165, 1.54) is 4.88 Å². The van der Waals surface area contributed by atoms with Crippen LogP contribution < -0.4 is 5.32 Å². The van der Waals surface area contributed by atoms with Crippen LogP contribution in [0.3, 0.4) is 0 Å². The average Bonchev–Trinajstić information content (AvgIpc) is 3.35. The van der Waals surface area contributed by atoms with E-state index in [1.807, 2.05) is 17.5 Å². The van der Waals surface area contributed by atoms with Gasteiger partial charge in [0.25, 0.3) is 0 Å². The van der Waals surface area contributed by atoms with Gasteiger partial charge in [-0.2, -0.15) is 4.98 Å². The van der Waals surface area contributed by atoms with E-state index in [0.29, 0.717) is 24.0 Å². The normalized spacial score (nSPS) is 17.0. The minimum absolute atomic E-state index is 0.115. The molecule has 1 N–H and O–H groups in total. The van der Waals surface area contributed by atoms with E-state index in [4.69, 9.17) is 4.52 Å². The second-order valence-corrected chi connectivity index (χ2v) is 6.92. The molecular formula is C15H17N7O2S. The molecule has 4 rings (SSSR count). The molecule has 0 saturated carbocycles. The van der Waals surface area contributed by atoms with Crippen LogP contribution in [0, 0.1) is 0 Å². The summed E-state index contributed by atoms with van der Waals surface area (Å²) in [5, 5.41) is 20.5. The van der Waals surface area contributed by atoms with Crippen LogP contribution in [0.1, 0.15) is 47.6 Å². The smallest absolute Gasteiger partial charge is 0.246 e. The lowest BCUT2D eigenvalue weighted by molar-refractivity contribution is -0.123. The Morgan fingerprint density at radius 3 is 3.28 bits per heavy atom. The first-order valence-electron chi connectivity index (χ1n) is 8.17. The van der Waals surface area contributed by atoms with Crippen molar-refractivity contribution in [2.75, 3.05) is 0 Å². The number of carbonyl (C=O) groups excluding carboxylic acids is 1. The molecular weight excluding hydrogens is 342 g/mol. The Balaban J connectivity index is 1.37. The summed E-state index contributed by atoms with van der Waals surface area (Å²) >= 11 is 1.65. The highest BCUT2D eigenvalue weighted by molar-refractivity contribution is 7.09. The lowest BCUT2D eigenvalue weighted by Gasteiger charge is -2.12. The number of hydrogen-bond acceptors (Lipinski definition) is 8. The third-order valence-corrected chi connectivity index (χ3v) is 5.01. The third kappa shape index (κ3) is 3.58. The van der Waals surface area contributed by atoms with Crippen molar-refractivity contribution in [1.82, 2.24) is 35.7 Å². The van der Waals surface area contributed by atoms with Crippen molar-refractivity contribution in [2.24, 2.45) is 0 Å². The van der Waals surface area contributed by atoms with Gasteiger partial charge in [0.2, 0.25) is 11.8 Å². The van der Waals surface area contributed by atoms with Gasteiger partial charge in [-0.3, -0.25) is 4.79 Å². The fraction of sp³-hybridized carbons (Fsp3) is 0.467. The number of thiophene rings is 1. The zero-order chi connectivity index (χ0) is 17.1. The Bertz CT molecular complexity index is 842. The van der Waals surface area contributed by atoms with Crippen LogP contribution in [0.5, 0.6) is 0 Å². The van der Waals surface area contributed by atoms with Crippen LogP contribution in [0.2, 0.25) is 0 Å². The van der Waals surface area contributed by atoms with Crippen molar-refractivity contribution in [2.45, 2.75) is 44.7 Å². The number of aryl methyl sites for hydroxylation is 1. The topological polar surface area (TPSA) is 112 Å². The van der Waals surface area contributed by atoms with Gasteiger partial charge in [-0.1, -0.05) is 17.6 Å². The summed E-state index contributed by atoms with van der Waals surface area (Å²) in [5.74, 6) is 1.18. The van der Waals surface area contributed by atoms with E-state index in [9.17, 15) is 4.79 Å². The summed E-state index contributed by atoms with van der Waals surface area (Å²) in [6.07, 6.45) is 3.29. The number of carbonyl (C=O) groups is 1. The number of nitrogens with one attached hydrogen (secondary N) is 1. The summed E-state index contributed by atoms with van der Waals surface area (Å²) in [7, 11) is 0. The van der Waals surface area contributed by atoms with Gasteiger partial charge in [0.05, 0.1) is 12.5 Å². The molecule has 10 heteroatoms. The Morgan fingerprint density at radius 2 is 2.40 bits per heavy atom. The maximum Gasteiger partial charge on any atom is 0.246 e. The van der Waals surface area contributed by atoms with Gasteiger partial charge in [-0.15, -0.1) is 16.4 Å². The first-order valence-corrected chi connectivity index (χ1v) is 9.05. The zero-order valence-corrected chi connectivity index (χ0v) is 14.3. The number of aromatic nitrogens is 6. The monoisotopic (exact) mass is 359 g/mol. The summed E-state index contributed by atoms with van der Waals surface area (Å²) < 4.78 is 6.92. The lowest BCUT2D eigenvalue weighted by atomic mass is 10.0. The predicted molar refractivity (Wildman–Crippen MR) is 87.7 cm³/mol. The van der Waals surface area contributed by atoms with E-state index < -0.39 is 0 Å². The summed E-state index contributed by atoms with van der Waals surface area (Å²) in [5.41, 5.74) is 0. The Hall–Kier alpha value is -2.62. The summed E-state index contributed by atoms with van der Waals surface area (Å²) in [6.45, 7) is 0.955. The molecule has 1 amide bonds. The lowest BCUT2D eigenvalue weighted by Crippen LogP contribution is -2.30. The number of nitrogens with zero attached hydrogens (tertiary/aromatic N) is 6. The van der Waals surface area contributed by atoms with Crippen molar-refractivity contribution in [3.63, 3.8) is 0 Å². The average molecular weight is 359 g/mol. The number of tetrazole rings is 1. The standard InChI is InChI=1S/C15H17N7O2S/c23-15(11-5-1-2-6-22-14(11)18-20-21-22)16-9-13-17-12(19-24-13)8-10-4-3-7-25-10/h3-4,7,11H,1-2,5-6,8-9H2,(H,16,23)/t11-/m1/s1. The number of rotatable bonds is 5. The van der Waals surface area contributed by atoms with E-state index in [0.717, 1.165) is 25.8 Å². The quantitative estimate of drug-likeness (QED) is 0.730. The van der Waals surface area contributed by atoms with Gasteiger partial charge in [0.1, 0.15) is 0 Å². The molecule has 0 saturated heterocycles. The predicted octanol–water partition coefficient (Wildman–Crippen LogP) is 1.29. The van der Waals surface area contributed by atoms with Crippen molar-refractivity contribution in [1.29, 1.82) is 0 Å². The Morgan fingerprint density at radius 1 is 1.44 bits per heavy atom. The molecule has 0 aliphatic carbocycles. The molecule has 1 aliphatic heterocycles. The number of fused-ring (bicyclic) bond motifs is 1. The third-order valence-electron chi connectivity index (χ3n) is 4.14. The Kier molecular flexibility index (Phi) is 4.51. The molecule has 4 heterocycles. The molecule has 0 fully saturated rings. The van der Waals surface area contributed by atoms with Gasteiger partial charge >= 0.3 is 0 Å². The largest absolute Gasteiger partial charge is 0.346 e. The minimum atomic E-state index is -0.342. The SMILES string of the molecule is O=C(NCc1nc(Cc2cccs2)no1)[C@@H]1CCCCn2nnnc21. The molecule has 0 aromatic carbocycles. The highest BCUT2D eigenvalue weighted by atomic mass is 32.1. The summed E-state index contributed by atoms with van der Waals surface area (Å²) in [6, 6.07) is 4.01. The fourth-order valence-electron chi connectivity index (χ4n) is 2.90. The maximum absolute atomic E-state index is 12.5. The van der Waals surface area contributed by atoms with Gasteiger partial charge in [0.15, 0.2) is 11.6 Å². The minimum Gasteiger partial charge on any atom is -0.346 e. The van der Waals surface area contributed by atoms with E-state index in [2.05, 4.69) is 31.0 Å². The van der Waals surface area contributed by atoms with Crippen LogP contribution in [0.15, 0.2) is 22.0 Å². The van der Waals surface area contributed by atoms with Crippen LogP contribution in [-0.2, 0) is 24.3 Å². The molecule has 0 unspecified atom stereocenters. The van der Waals surface area contributed by atoms with Crippen molar-refractivity contribution >= 4 is 17.2 Å². The molecule has 9 nitrogen and oxygen atoms in total. The van der Waals surface area contributed by atoms with Gasteiger partial charge in [-0.05, 0) is 34.7 Å². The van der Waals surface area contributed by atoms with E-state index in [1.54, 1.807) is 16.0 Å². The van der Waals surface area contributed by atoms with Gasteiger partial charge in [0, 0.05) is 17.8 Å². The summed E-state index contributed by atoms with van der Waals surface area (Å²) in [4.78, 5) is 18.0. The maximum atomic E-state index is 12.5. The molecule has 1 atom stereocenters. The van der Waals surface area contributed by atoms with E-state index in [-0.39, 0.29) is 18.4 Å². The second kappa shape index (κ2) is 7.09. The molecule has 3 aromatic heterocycles. The molecule has 130 valence electrons. The number of hydrogen-bond donors (Lipinski definition) is 1. The van der Waals surface area contributed by atoms with Crippen molar-refractivity contribution in [3.05, 3.63) is 39.9 Å². The molecule has 1 aliphatic rings. The van der Waals surface area contributed by atoms with Crippen LogP contribution in [0.25, 0.3) is 0 Å².